The molecule has 1 heterocycles. The average molecular weight is 244 g/mol. The van der Waals surface area contributed by atoms with Crippen molar-refractivity contribution < 1.29 is 14.3 Å². The molecule has 1 saturated heterocycles. The quantitative estimate of drug-likeness (QED) is 0.679. The van der Waals surface area contributed by atoms with E-state index in [2.05, 4.69) is 17.3 Å². The summed E-state index contributed by atoms with van der Waals surface area (Å²) in [5.41, 5.74) is 0. The molecule has 0 radical (unpaired) electrons. The van der Waals surface area contributed by atoms with Crippen LogP contribution in [-0.4, -0.2) is 62.9 Å². The summed E-state index contributed by atoms with van der Waals surface area (Å²) < 4.78 is 10.5. The Labute approximate surface area is 103 Å². The zero-order valence-corrected chi connectivity index (χ0v) is 11.1. The van der Waals surface area contributed by atoms with E-state index in [1.807, 2.05) is 13.8 Å². The van der Waals surface area contributed by atoms with Crippen LogP contribution >= 0.6 is 0 Å². The van der Waals surface area contributed by atoms with Crippen molar-refractivity contribution >= 4 is 5.97 Å². The molecule has 2 atom stereocenters. The number of carbonyl (C=O) groups is 1. The van der Waals surface area contributed by atoms with Crippen molar-refractivity contribution in [2.45, 2.75) is 32.4 Å². The number of morpholine rings is 1. The van der Waals surface area contributed by atoms with Gasteiger partial charge >= 0.3 is 5.97 Å². The summed E-state index contributed by atoms with van der Waals surface area (Å²) in [6.45, 7) is 7.77. The summed E-state index contributed by atoms with van der Waals surface area (Å²) in [6.07, 6.45) is 0.634. The largest absolute Gasteiger partial charge is 0.466 e. The standard InChI is InChI=1S/C12H24N2O3/c1-4-16-12(15)7-10(2)13-8-11-9-14(3)5-6-17-11/h10-11,13H,4-9H2,1-3H3. The van der Waals surface area contributed by atoms with Gasteiger partial charge in [-0.2, -0.15) is 0 Å². The molecule has 1 aliphatic rings. The lowest BCUT2D eigenvalue weighted by molar-refractivity contribution is -0.143. The fourth-order valence-corrected chi connectivity index (χ4v) is 1.87. The first-order valence-corrected chi connectivity index (χ1v) is 6.31. The number of nitrogens with zero attached hydrogens (tertiary/aromatic N) is 1. The van der Waals surface area contributed by atoms with Crippen molar-refractivity contribution in [3.8, 4) is 0 Å². The molecule has 5 heteroatoms. The number of nitrogens with one attached hydrogen (secondary N) is 1. The van der Waals surface area contributed by atoms with Gasteiger partial charge in [0.2, 0.25) is 0 Å². The molecule has 1 aliphatic heterocycles. The first kappa shape index (κ1) is 14.4. The summed E-state index contributed by atoms with van der Waals surface area (Å²) in [4.78, 5) is 13.5. The highest BCUT2D eigenvalue weighted by Crippen LogP contribution is 2.02. The SMILES string of the molecule is CCOC(=O)CC(C)NCC1CN(C)CCO1. The normalized spacial score (nSPS) is 23.4. The van der Waals surface area contributed by atoms with E-state index in [9.17, 15) is 4.79 Å². The first-order valence-electron chi connectivity index (χ1n) is 6.31. The van der Waals surface area contributed by atoms with E-state index in [1.165, 1.54) is 0 Å². The molecular weight excluding hydrogens is 220 g/mol. The second kappa shape index (κ2) is 7.63. The van der Waals surface area contributed by atoms with Crippen molar-refractivity contribution in [3.05, 3.63) is 0 Å². The Morgan fingerprint density at radius 3 is 3.06 bits per heavy atom. The van der Waals surface area contributed by atoms with Crippen LogP contribution in [0.5, 0.6) is 0 Å². The Balaban J connectivity index is 2.14. The lowest BCUT2D eigenvalue weighted by Gasteiger charge is -2.30. The lowest BCUT2D eigenvalue weighted by atomic mass is 10.2. The first-order chi connectivity index (χ1) is 8.11. The average Bonchev–Trinajstić information content (AvgIpc) is 2.27. The Morgan fingerprint density at radius 2 is 2.41 bits per heavy atom. The summed E-state index contributed by atoms with van der Waals surface area (Å²) in [6, 6.07) is 0.130. The van der Waals surface area contributed by atoms with Gasteiger partial charge in [-0.05, 0) is 20.9 Å². The fraction of sp³-hybridized carbons (Fsp3) is 0.917. The van der Waals surface area contributed by atoms with Crippen LogP contribution in [0.25, 0.3) is 0 Å². The number of likely N-dealkylation sites (N-methyl/N-ethyl adjacent to an activating group) is 1. The molecule has 0 saturated carbocycles. The van der Waals surface area contributed by atoms with Gasteiger partial charge in [-0.1, -0.05) is 0 Å². The molecule has 0 aliphatic carbocycles. The number of esters is 1. The van der Waals surface area contributed by atoms with Gasteiger partial charge in [0.05, 0.1) is 25.7 Å². The van der Waals surface area contributed by atoms with Gasteiger partial charge in [0.15, 0.2) is 0 Å². The minimum absolute atomic E-state index is 0.130. The Kier molecular flexibility index (Phi) is 6.47. The molecule has 17 heavy (non-hydrogen) atoms. The predicted octanol–water partition coefficient (Wildman–Crippen LogP) is 0.248. The van der Waals surface area contributed by atoms with Crippen LogP contribution in [-0.2, 0) is 14.3 Å². The van der Waals surface area contributed by atoms with Gasteiger partial charge in [0.1, 0.15) is 0 Å². The Morgan fingerprint density at radius 1 is 1.65 bits per heavy atom. The minimum Gasteiger partial charge on any atom is -0.466 e. The maximum atomic E-state index is 11.3. The van der Waals surface area contributed by atoms with Crippen LogP contribution < -0.4 is 5.32 Å². The molecule has 0 spiro atoms. The summed E-state index contributed by atoms with van der Waals surface area (Å²) >= 11 is 0. The van der Waals surface area contributed by atoms with Crippen molar-refractivity contribution in [2.24, 2.45) is 0 Å². The molecule has 2 unspecified atom stereocenters. The van der Waals surface area contributed by atoms with E-state index in [0.717, 1.165) is 26.2 Å². The van der Waals surface area contributed by atoms with Crippen LogP contribution in [0.2, 0.25) is 0 Å². The van der Waals surface area contributed by atoms with Crippen LogP contribution in [0.3, 0.4) is 0 Å². The Bertz CT molecular complexity index is 236. The van der Waals surface area contributed by atoms with Crippen LogP contribution in [0, 0.1) is 0 Å². The molecule has 0 aromatic carbocycles. The van der Waals surface area contributed by atoms with Crippen LogP contribution in [0.1, 0.15) is 20.3 Å². The second-order valence-electron chi connectivity index (χ2n) is 4.57. The number of hydrogen-bond donors (Lipinski definition) is 1. The van der Waals surface area contributed by atoms with Gasteiger partial charge in [0, 0.05) is 25.7 Å². The molecule has 1 fully saturated rings. The molecular formula is C12H24N2O3. The molecule has 0 amide bonds. The zero-order chi connectivity index (χ0) is 12.7. The van der Waals surface area contributed by atoms with E-state index in [4.69, 9.17) is 9.47 Å². The van der Waals surface area contributed by atoms with Crippen LogP contribution in [0.4, 0.5) is 0 Å². The molecule has 5 nitrogen and oxygen atoms in total. The van der Waals surface area contributed by atoms with Gasteiger partial charge in [-0.25, -0.2) is 0 Å². The van der Waals surface area contributed by atoms with Crippen molar-refractivity contribution in [1.82, 2.24) is 10.2 Å². The number of rotatable bonds is 6. The van der Waals surface area contributed by atoms with E-state index >= 15 is 0 Å². The minimum atomic E-state index is -0.144. The lowest BCUT2D eigenvalue weighted by Crippen LogP contribution is -2.46. The van der Waals surface area contributed by atoms with Gasteiger partial charge in [-0.15, -0.1) is 0 Å². The third kappa shape index (κ3) is 6.00. The summed E-state index contributed by atoms with van der Waals surface area (Å²) in [5, 5.41) is 3.31. The summed E-state index contributed by atoms with van der Waals surface area (Å²) in [5.74, 6) is -0.144. The van der Waals surface area contributed by atoms with Crippen molar-refractivity contribution in [2.75, 3.05) is 39.9 Å². The molecule has 0 aromatic heterocycles. The highest BCUT2D eigenvalue weighted by molar-refractivity contribution is 5.69. The van der Waals surface area contributed by atoms with E-state index in [-0.39, 0.29) is 18.1 Å². The number of carbonyl (C=O) groups excluding carboxylic acids is 1. The summed E-state index contributed by atoms with van der Waals surface area (Å²) in [7, 11) is 2.09. The second-order valence-corrected chi connectivity index (χ2v) is 4.57. The van der Waals surface area contributed by atoms with Gasteiger partial charge < -0.3 is 19.7 Å². The third-order valence-electron chi connectivity index (χ3n) is 2.81. The smallest absolute Gasteiger partial charge is 0.307 e. The van der Waals surface area contributed by atoms with E-state index in [0.29, 0.717) is 13.0 Å². The van der Waals surface area contributed by atoms with E-state index < -0.39 is 0 Å². The Hall–Kier alpha value is -0.650. The number of hydrogen-bond acceptors (Lipinski definition) is 5. The highest BCUT2D eigenvalue weighted by Gasteiger charge is 2.18. The monoisotopic (exact) mass is 244 g/mol. The molecule has 0 aromatic rings. The molecule has 100 valence electrons. The topological polar surface area (TPSA) is 50.8 Å². The maximum absolute atomic E-state index is 11.3. The van der Waals surface area contributed by atoms with Crippen molar-refractivity contribution in [3.63, 3.8) is 0 Å². The van der Waals surface area contributed by atoms with Crippen molar-refractivity contribution in [1.29, 1.82) is 0 Å². The highest BCUT2D eigenvalue weighted by atomic mass is 16.5. The molecule has 1 N–H and O–H groups in total. The van der Waals surface area contributed by atoms with Gasteiger partial charge in [0.25, 0.3) is 0 Å². The van der Waals surface area contributed by atoms with Crippen LogP contribution in [0.15, 0.2) is 0 Å². The predicted molar refractivity (Wildman–Crippen MR) is 66.0 cm³/mol. The molecule has 0 bridgehead atoms. The third-order valence-corrected chi connectivity index (χ3v) is 2.81. The maximum Gasteiger partial charge on any atom is 0.307 e. The fourth-order valence-electron chi connectivity index (χ4n) is 1.87. The van der Waals surface area contributed by atoms with Gasteiger partial charge in [-0.3, -0.25) is 4.79 Å². The number of ether oxygens (including phenoxy) is 2. The zero-order valence-electron chi connectivity index (χ0n) is 11.1. The van der Waals surface area contributed by atoms with E-state index in [1.54, 1.807) is 0 Å². The molecule has 1 rings (SSSR count).